The van der Waals surface area contributed by atoms with Crippen LogP contribution in [0.3, 0.4) is 0 Å². The zero-order chi connectivity index (χ0) is 22.4. The molecule has 0 aromatic heterocycles. The standard InChI is InChI=1S/C15H32.C8H16.C3H8.C2H6/c1-5-7-8-9-10-11-15(6-2)13-12-14(3)4;1-4-7-5-8(7)6(2)3;1-3-2;1-2/h14-15H,5-13H2,1-4H3;6-8H,4-5H2,1-3H3;3H2,1-2H3;1-2H3. The van der Waals surface area contributed by atoms with Gasteiger partial charge in [-0.25, -0.2) is 0 Å². The predicted molar refractivity (Wildman–Crippen MR) is 135 cm³/mol. The van der Waals surface area contributed by atoms with Crippen LogP contribution in [0, 0.1) is 29.6 Å². The van der Waals surface area contributed by atoms with Gasteiger partial charge < -0.3 is 0 Å². The van der Waals surface area contributed by atoms with Crippen LogP contribution in [-0.4, -0.2) is 0 Å². The summed E-state index contributed by atoms with van der Waals surface area (Å²) in [7, 11) is 0. The van der Waals surface area contributed by atoms with Gasteiger partial charge in [-0.1, -0.05) is 147 Å². The van der Waals surface area contributed by atoms with Crippen molar-refractivity contribution >= 4 is 0 Å². The van der Waals surface area contributed by atoms with Gasteiger partial charge in [-0.05, 0) is 36.0 Å². The van der Waals surface area contributed by atoms with E-state index in [2.05, 4.69) is 62.3 Å². The predicted octanol–water partition coefficient (Wildman–Crippen LogP) is 10.9. The van der Waals surface area contributed by atoms with E-state index in [1.54, 1.807) is 0 Å². The maximum absolute atomic E-state index is 2.36. The highest BCUT2D eigenvalue weighted by Gasteiger charge is 2.36. The Morgan fingerprint density at radius 2 is 1.25 bits per heavy atom. The minimum absolute atomic E-state index is 0.888. The van der Waals surface area contributed by atoms with Crippen molar-refractivity contribution in [3.05, 3.63) is 0 Å². The number of unbranched alkanes of at least 4 members (excludes halogenated alkanes) is 4. The Morgan fingerprint density at radius 3 is 1.57 bits per heavy atom. The third-order valence-electron chi connectivity index (χ3n) is 5.80. The molecule has 0 amide bonds. The molecule has 0 aromatic carbocycles. The molecule has 0 bridgehead atoms. The highest BCUT2D eigenvalue weighted by molar-refractivity contribution is 4.86. The van der Waals surface area contributed by atoms with Gasteiger partial charge in [0.05, 0.1) is 0 Å². The second kappa shape index (κ2) is 25.0. The van der Waals surface area contributed by atoms with Gasteiger partial charge in [0.15, 0.2) is 0 Å². The van der Waals surface area contributed by atoms with E-state index in [1.165, 1.54) is 77.0 Å². The van der Waals surface area contributed by atoms with Crippen molar-refractivity contribution in [1.82, 2.24) is 0 Å². The molecule has 3 atom stereocenters. The van der Waals surface area contributed by atoms with Crippen molar-refractivity contribution in [3.8, 4) is 0 Å². The summed E-state index contributed by atoms with van der Waals surface area (Å²) in [5, 5.41) is 0. The van der Waals surface area contributed by atoms with Crippen molar-refractivity contribution in [1.29, 1.82) is 0 Å². The fourth-order valence-electron chi connectivity index (χ4n) is 3.72. The second-order valence-electron chi connectivity index (χ2n) is 9.47. The zero-order valence-electron chi connectivity index (χ0n) is 22.4. The monoisotopic (exact) mass is 398 g/mol. The van der Waals surface area contributed by atoms with Gasteiger partial charge >= 0.3 is 0 Å². The van der Waals surface area contributed by atoms with E-state index in [0.717, 1.165) is 29.6 Å². The Hall–Kier alpha value is 0. The first-order valence-corrected chi connectivity index (χ1v) is 13.4. The van der Waals surface area contributed by atoms with Gasteiger partial charge in [0.1, 0.15) is 0 Å². The van der Waals surface area contributed by atoms with Crippen LogP contribution in [0.1, 0.15) is 153 Å². The van der Waals surface area contributed by atoms with Crippen LogP contribution in [0.15, 0.2) is 0 Å². The fraction of sp³-hybridized carbons (Fsp3) is 1.00. The molecule has 0 saturated heterocycles. The molecule has 1 aliphatic rings. The first-order valence-electron chi connectivity index (χ1n) is 13.4. The number of hydrogen-bond acceptors (Lipinski definition) is 0. The van der Waals surface area contributed by atoms with E-state index in [0.29, 0.717) is 0 Å². The molecule has 1 rings (SSSR count). The van der Waals surface area contributed by atoms with Gasteiger partial charge in [-0.2, -0.15) is 0 Å². The first kappa shape index (κ1) is 32.7. The minimum atomic E-state index is 0.888. The summed E-state index contributed by atoms with van der Waals surface area (Å²) in [4.78, 5) is 0. The van der Waals surface area contributed by atoms with Gasteiger partial charge in [0.2, 0.25) is 0 Å². The van der Waals surface area contributed by atoms with Crippen molar-refractivity contribution in [2.45, 2.75) is 153 Å². The van der Waals surface area contributed by atoms with Crippen LogP contribution in [0.25, 0.3) is 0 Å². The summed E-state index contributed by atoms with van der Waals surface area (Å²) in [5.74, 6) is 5.02. The van der Waals surface area contributed by atoms with E-state index in [9.17, 15) is 0 Å². The SMILES string of the molecule is CC.CCC.CCC1CC1C(C)C.CCCCCCCC(CC)CCC(C)C. The topological polar surface area (TPSA) is 0 Å². The molecule has 3 unspecified atom stereocenters. The first-order chi connectivity index (χ1) is 13.4. The Kier molecular flexibility index (Phi) is 29.2. The molecule has 0 heteroatoms. The molecule has 0 nitrogen and oxygen atoms in total. The van der Waals surface area contributed by atoms with Crippen molar-refractivity contribution in [2.24, 2.45) is 29.6 Å². The molecule has 0 heterocycles. The van der Waals surface area contributed by atoms with Gasteiger partial charge in [0.25, 0.3) is 0 Å². The molecule has 174 valence electrons. The van der Waals surface area contributed by atoms with Gasteiger partial charge in [-0.15, -0.1) is 0 Å². The molecule has 0 aromatic rings. The van der Waals surface area contributed by atoms with Crippen molar-refractivity contribution < 1.29 is 0 Å². The summed E-state index contributed by atoms with van der Waals surface area (Å²) >= 11 is 0. The quantitative estimate of drug-likeness (QED) is 0.287. The summed E-state index contributed by atoms with van der Waals surface area (Å²) in [6.07, 6.45) is 17.1. The largest absolute Gasteiger partial charge is 0.0683 e. The molecule has 0 aliphatic heterocycles. The highest BCUT2D eigenvalue weighted by atomic mass is 14.4. The van der Waals surface area contributed by atoms with E-state index in [-0.39, 0.29) is 0 Å². The van der Waals surface area contributed by atoms with Gasteiger partial charge in [-0.3, -0.25) is 0 Å². The Bertz CT molecular complexity index is 253. The maximum Gasteiger partial charge on any atom is -0.0360 e. The lowest BCUT2D eigenvalue weighted by atomic mass is 9.91. The second-order valence-corrected chi connectivity index (χ2v) is 9.47. The lowest BCUT2D eigenvalue weighted by molar-refractivity contribution is 0.376. The third kappa shape index (κ3) is 24.0. The normalized spacial score (nSPS) is 18.3. The molecule has 1 saturated carbocycles. The Labute approximate surface area is 183 Å². The molecule has 0 N–H and O–H groups in total. The van der Waals surface area contributed by atoms with Crippen molar-refractivity contribution in [3.63, 3.8) is 0 Å². The average molecular weight is 399 g/mol. The lowest BCUT2D eigenvalue weighted by Gasteiger charge is -2.15. The van der Waals surface area contributed by atoms with Crippen LogP contribution in [0.4, 0.5) is 0 Å². The maximum atomic E-state index is 2.36. The molecule has 28 heavy (non-hydrogen) atoms. The number of hydrogen-bond donors (Lipinski definition) is 0. The minimum Gasteiger partial charge on any atom is -0.0683 e. The van der Waals surface area contributed by atoms with Crippen LogP contribution in [-0.2, 0) is 0 Å². The fourth-order valence-corrected chi connectivity index (χ4v) is 3.72. The summed E-state index contributed by atoms with van der Waals surface area (Å²) in [6, 6.07) is 0. The van der Waals surface area contributed by atoms with Gasteiger partial charge in [0, 0.05) is 0 Å². The molecule has 0 radical (unpaired) electrons. The van der Waals surface area contributed by atoms with Crippen LogP contribution >= 0.6 is 0 Å². The van der Waals surface area contributed by atoms with E-state index in [1.807, 2.05) is 13.8 Å². The van der Waals surface area contributed by atoms with Crippen LogP contribution in [0.2, 0.25) is 0 Å². The Morgan fingerprint density at radius 1 is 0.714 bits per heavy atom. The highest BCUT2D eigenvalue weighted by Crippen LogP contribution is 2.45. The number of rotatable bonds is 12. The van der Waals surface area contributed by atoms with E-state index in [4.69, 9.17) is 0 Å². The summed E-state index contributed by atoms with van der Waals surface area (Å²) in [6.45, 7) is 24.5. The average Bonchev–Trinajstić information content (AvgIpc) is 3.47. The smallest absolute Gasteiger partial charge is 0.0360 e. The van der Waals surface area contributed by atoms with Crippen LogP contribution < -0.4 is 0 Å². The molecular formula is C28H62. The molecular weight excluding hydrogens is 336 g/mol. The lowest BCUT2D eigenvalue weighted by Crippen LogP contribution is -2.01. The third-order valence-corrected chi connectivity index (χ3v) is 5.80. The zero-order valence-corrected chi connectivity index (χ0v) is 22.4. The summed E-state index contributed by atoms with van der Waals surface area (Å²) < 4.78 is 0. The van der Waals surface area contributed by atoms with Crippen LogP contribution in [0.5, 0.6) is 0 Å². The van der Waals surface area contributed by atoms with E-state index >= 15 is 0 Å². The summed E-state index contributed by atoms with van der Waals surface area (Å²) in [5.41, 5.74) is 0. The molecule has 1 aliphatic carbocycles. The Balaban J connectivity index is -0.000000399. The van der Waals surface area contributed by atoms with Crippen molar-refractivity contribution in [2.75, 3.05) is 0 Å². The molecule has 0 spiro atoms. The molecule has 1 fully saturated rings. The van der Waals surface area contributed by atoms with E-state index < -0.39 is 0 Å².